The summed E-state index contributed by atoms with van der Waals surface area (Å²) in [6.45, 7) is 8.50. The third-order valence-corrected chi connectivity index (χ3v) is 5.31. The highest BCUT2D eigenvalue weighted by molar-refractivity contribution is 7.71. The lowest BCUT2D eigenvalue weighted by molar-refractivity contribution is 1.06. The van der Waals surface area contributed by atoms with E-state index in [2.05, 4.69) is 74.1 Å². The van der Waals surface area contributed by atoms with Crippen molar-refractivity contribution in [3.05, 3.63) is 75.8 Å². The van der Waals surface area contributed by atoms with Gasteiger partial charge in [-0.1, -0.05) is 42.0 Å². The Hall–Kier alpha value is -2.72. The molecule has 0 atom stereocenters. The van der Waals surface area contributed by atoms with Crippen molar-refractivity contribution in [1.82, 2.24) is 14.4 Å². The van der Waals surface area contributed by atoms with Gasteiger partial charge in [-0.05, 0) is 62.2 Å². The zero-order chi connectivity index (χ0) is 18.4. The Balaban J connectivity index is 1.96. The quantitative estimate of drug-likeness (QED) is 0.448. The molecule has 0 aliphatic rings. The molecule has 0 radical (unpaired) electrons. The van der Waals surface area contributed by atoms with Gasteiger partial charge in [0.05, 0.1) is 5.69 Å². The van der Waals surface area contributed by atoms with E-state index in [9.17, 15) is 0 Å². The molecule has 4 aromatic rings. The van der Waals surface area contributed by atoms with Crippen molar-refractivity contribution < 1.29 is 0 Å². The minimum atomic E-state index is 0.555. The summed E-state index contributed by atoms with van der Waals surface area (Å²) in [4.78, 5) is 8.01. The minimum Gasteiger partial charge on any atom is -0.339 e. The number of benzene rings is 2. The van der Waals surface area contributed by atoms with Crippen LogP contribution in [0.4, 0.5) is 0 Å². The topological polar surface area (TPSA) is 33.1 Å². The second-order valence-electron chi connectivity index (χ2n) is 6.96. The number of hydrogen-bond acceptors (Lipinski definition) is 2. The molecule has 0 bridgehead atoms. The van der Waals surface area contributed by atoms with Crippen molar-refractivity contribution >= 4 is 17.9 Å². The molecular weight excluding hydrogens is 338 g/mol. The number of aromatic amines is 1. The monoisotopic (exact) mass is 359 g/mol. The lowest BCUT2D eigenvalue weighted by Crippen LogP contribution is -1.93. The molecule has 4 rings (SSSR count). The Morgan fingerprint density at radius 3 is 2.42 bits per heavy atom. The van der Waals surface area contributed by atoms with Crippen LogP contribution in [0.5, 0.6) is 0 Å². The molecule has 0 spiro atoms. The number of nitrogens with one attached hydrogen (secondary N) is 1. The van der Waals surface area contributed by atoms with Gasteiger partial charge in [0.2, 0.25) is 4.77 Å². The van der Waals surface area contributed by atoms with Crippen molar-refractivity contribution in [3.8, 4) is 22.4 Å². The fourth-order valence-electron chi connectivity index (χ4n) is 3.38. The first-order valence-electron chi connectivity index (χ1n) is 8.69. The van der Waals surface area contributed by atoms with E-state index in [0.29, 0.717) is 4.77 Å². The molecule has 0 aliphatic carbocycles. The van der Waals surface area contributed by atoms with E-state index in [1.165, 1.54) is 27.8 Å². The fraction of sp³-hybridized carbons (Fsp3) is 0.182. The van der Waals surface area contributed by atoms with Crippen LogP contribution < -0.4 is 0 Å². The van der Waals surface area contributed by atoms with Gasteiger partial charge in [-0.15, -0.1) is 0 Å². The zero-order valence-electron chi connectivity index (χ0n) is 15.4. The van der Waals surface area contributed by atoms with Crippen LogP contribution in [0.15, 0.2) is 48.8 Å². The summed E-state index contributed by atoms with van der Waals surface area (Å²) in [6.07, 6.45) is 3.91. The first kappa shape index (κ1) is 16.7. The number of hydrogen-bond donors (Lipinski definition) is 1. The number of rotatable bonds is 2. The molecular formula is C22H21N3S. The first-order chi connectivity index (χ1) is 12.4. The summed E-state index contributed by atoms with van der Waals surface area (Å²) in [6, 6.07) is 13.0. The van der Waals surface area contributed by atoms with E-state index in [4.69, 9.17) is 12.2 Å². The molecule has 0 saturated carbocycles. The van der Waals surface area contributed by atoms with Crippen LogP contribution in [0.2, 0.25) is 0 Å². The first-order valence-corrected chi connectivity index (χ1v) is 9.10. The van der Waals surface area contributed by atoms with E-state index in [0.717, 1.165) is 22.5 Å². The summed E-state index contributed by atoms with van der Waals surface area (Å²) in [7, 11) is 0. The van der Waals surface area contributed by atoms with Gasteiger partial charge in [0, 0.05) is 23.5 Å². The highest BCUT2D eigenvalue weighted by atomic mass is 32.1. The van der Waals surface area contributed by atoms with E-state index >= 15 is 0 Å². The van der Waals surface area contributed by atoms with Crippen molar-refractivity contribution in [1.29, 1.82) is 0 Å². The van der Waals surface area contributed by atoms with Crippen molar-refractivity contribution in [2.45, 2.75) is 27.7 Å². The minimum absolute atomic E-state index is 0.555. The molecule has 0 saturated heterocycles. The lowest BCUT2D eigenvalue weighted by Gasteiger charge is -2.07. The van der Waals surface area contributed by atoms with Crippen molar-refractivity contribution in [3.63, 3.8) is 0 Å². The SMILES string of the molecule is Cc1ccc(-c2cn3c(=S)ncc(-c4ccc(C)c(C)c4)c3[nH]2)c(C)c1. The smallest absolute Gasteiger partial charge is 0.205 e. The van der Waals surface area contributed by atoms with E-state index < -0.39 is 0 Å². The van der Waals surface area contributed by atoms with Gasteiger partial charge in [0.1, 0.15) is 5.65 Å². The number of nitrogens with zero attached hydrogens (tertiary/aromatic N) is 2. The standard InChI is InChI=1S/C22H21N3S/c1-13-5-8-18(16(4)9-13)20-12-25-21(24-20)19(11-23-22(25)26)17-7-6-14(2)15(3)10-17/h5-12,24H,1-4H3. The van der Waals surface area contributed by atoms with Gasteiger partial charge in [-0.25, -0.2) is 4.98 Å². The van der Waals surface area contributed by atoms with Gasteiger partial charge in [0.25, 0.3) is 0 Å². The highest BCUT2D eigenvalue weighted by Crippen LogP contribution is 2.29. The van der Waals surface area contributed by atoms with Gasteiger partial charge in [-0.2, -0.15) is 0 Å². The Morgan fingerprint density at radius 1 is 0.885 bits per heavy atom. The maximum absolute atomic E-state index is 5.46. The molecule has 0 aliphatic heterocycles. The molecule has 0 fully saturated rings. The second-order valence-corrected chi connectivity index (χ2v) is 7.32. The summed E-state index contributed by atoms with van der Waals surface area (Å²) in [5.41, 5.74) is 10.5. The maximum Gasteiger partial charge on any atom is 0.205 e. The van der Waals surface area contributed by atoms with E-state index in [-0.39, 0.29) is 0 Å². The van der Waals surface area contributed by atoms with Gasteiger partial charge in [-0.3, -0.25) is 4.40 Å². The second kappa shape index (κ2) is 6.22. The van der Waals surface area contributed by atoms with E-state index in [1.807, 2.05) is 16.8 Å². The maximum atomic E-state index is 5.46. The summed E-state index contributed by atoms with van der Waals surface area (Å²) in [5, 5.41) is 0. The van der Waals surface area contributed by atoms with Crippen LogP contribution >= 0.6 is 12.2 Å². The molecule has 3 nitrogen and oxygen atoms in total. The van der Waals surface area contributed by atoms with Gasteiger partial charge >= 0.3 is 0 Å². The summed E-state index contributed by atoms with van der Waals surface area (Å²) < 4.78 is 2.52. The number of fused-ring (bicyclic) bond motifs is 1. The molecule has 0 amide bonds. The Labute approximate surface area is 158 Å². The predicted molar refractivity (Wildman–Crippen MR) is 110 cm³/mol. The molecule has 2 aromatic carbocycles. The van der Waals surface area contributed by atoms with Gasteiger partial charge < -0.3 is 4.98 Å². The fourth-order valence-corrected chi connectivity index (χ4v) is 3.57. The third kappa shape index (κ3) is 2.76. The molecule has 26 heavy (non-hydrogen) atoms. The van der Waals surface area contributed by atoms with Crippen LogP contribution in [-0.2, 0) is 0 Å². The largest absolute Gasteiger partial charge is 0.339 e. The molecule has 4 heteroatoms. The van der Waals surface area contributed by atoms with Crippen molar-refractivity contribution in [2.75, 3.05) is 0 Å². The van der Waals surface area contributed by atoms with Crippen molar-refractivity contribution in [2.24, 2.45) is 0 Å². The van der Waals surface area contributed by atoms with Gasteiger partial charge in [0.15, 0.2) is 0 Å². The Morgan fingerprint density at radius 2 is 1.69 bits per heavy atom. The van der Waals surface area contributed by atoms with Crippen LogP contribution in [-0.4, -0.2) is 14.4 Å². The Bertz CT molecular complexity index is 1200. The Kier molecular flexibility index (Phi) is 4.00. The highest BCUT2D eigenvalue weighted by Gasteiger charge is 2.12. The predicted octanol–water partition coefficient (Wildman–Crippen LogP) is 5.96. The third-order valence-electron chi connectivity index (χ3n) is 5.01. The molecule has 2 aromatic heterocycles. The molecule has 2 heterocycles. The number of aryl methyl sites for hydroxylation is 4. The average Bonchev–Trinajstić information content (AvgIpc) is 3.03. The lowest BCUT2D eigenvalue weighted by atomic mass is 10.0. The summed E-state index contributed by atoms with van der Waals surface area (Å²) in [5.74, 6) is 0. The number of imidazole rings is 1. The normalized spacial score (nSPS) is 11.2. The molecule has 130 valence electrons. The van der Waals surface area contributed by atoms with Crippen LogP contribution in [0.1, 0.15) is 22.3 Å². The van der Waals surface area contributed by atoms with Crippen LogP contribution in [0, 0.1) is 32.5 Å². The van der Waals surface area contributed by atoms with E-state index in [1.54, 1.807) is 0 Å². The van der Waals surface area contributed by atoms with Crippen LogP contribution in [0.25, 0.3) is 28.0 Å². The average molecular weight is 359 g/mol. The molecule has 1 N–H and O–H groups in total. The zero-order valence-corrected chi connectivity index (χ0v) is 16.2. The number of H-pyrrole nitrogens is 1. The van der Waals surface area contributed by atoms with Crippen LogP contribution in [0.3, 0.4) is 0 Å². The molecule has 0 unspecified atom stereocenters. The summed E-state index contributed by atoms with van der Waals surface area (Å²) >= 11 is 5.46. The number of aromatic nitrogens is 3.